The Kier molecular flexibility index (Phi) is 6.52. The van der Waals surface area contributed by atoms with Crippen molar-refractivity contribution in [1.82, 2.24) is 9.80 Å². The Morgan fingerprint density at radius 3 is 2.67 bits per heavy atom. The van der Waals surface area contributed by atoms with E-state index in [1.807, 2.05) is 39.0 Å². The van der Waals surface area contributed by atoms with E-state index in [1.54, 1.807) is 30.0 Å². The van der Waals surface area contributed by atoms with E-state index in [0.29, 0.717) is 18.8 Å². The molecule has 0 aliphatic carbocycles. The van der Waals surface area contributed by atoms with Crippen molar-refractivity contribution in [3.05, 3.63) is 35.9 Å². The Hall–Kier alpha value is -2.50. The van der Waals surface area contributed by atoms with Crippen molar-refractivity contribution in [2.75, 3.05) is 27.2 Å². The summed E-state index contributed by atoms with van der Waals surface area (Å²) in [5.41, 5.74) is 1.25. The Morgan fingerprint density at radius 1 is 1.37 bits per heavy atom. The van der Waals surface area contributed by atoms with Crippen molar-refractivity contribution in [1.29, 1.82) is 0 Å². The lowest BCUT2D eigenvalue weighted by atomic mass is 10.1. The number of methoxy groups -OCH3 is 1. The standard InChI is InChI=1S/C21H30N2O4/c1-7-15-8-9-18(26-6)16(12-15)13-19(24)23-11-10-17(14-23)22(5)20(25)27-21(2,3)4/h7-9,12,17H,1,10-11,13-14H2,2-6H3/t17-/m0/s1. The predicted molar refractivity (Wildman–Crippen MR) is 106 cm³/mol. The van der Waals surface area contributed by atoms with Gasteiger partial charge in [0.05, 0.1) is 19.6 Å². The summed E-state index contributed by atoms with van der Waals surface area (Å²) in [5.74, 6) is 0.713. The molecule has 0 saturated carbocycles. The van der Waals surface area contributed by atoms with E-state index in [-0.39, 0.29) is 24.5 Å². The van der Waals surface area contributed by atoms with Crippen molar-refractivity contribution >= 4 is 18.1 Å². The fraction of sp³-hybridized carbons (Fsp3) is 0.524. The van der Waals surface area contributed by atoms with Crippen molar-refractivity contribution in [2.45, 2.75) is 45.3 Å². The molecular formula is C21H30N2O4. The van der Waals surface area contributed by atoms with Crippen molar-refractivity contribution < 1.29 is 19.1 Å². The average Bonchev–Trinajstić information content (AvgIpc) is 3.09. The highest BCUT2D eigenvalue weighted by Crippen LogP contribution is 2.23. The smallest absolute Gasteiger partial charge is 0.410 e. The van der Waals surface area contributed by atoms with Gasteiger partial charge in [0.2, 0.25) is 5.91 Å². The molecule has 2 amide bonds. The maximum absolute atomic E-state index is 12.8. The molecule has 1 atom stereocenters. The number of carbonyl (C=O) groups is 2. The molecule has 0 spiro atoms. The minimum Gasteiger partial charge on any atom is -0.496 e. The van der Waals surface area contributed by atoms with Crippen molar-refractivity contribution in [3.8, 4) is 5.75 Å². The molecule has 1 heterocycles. The van der Waals surface area contributed by atoms with Gasteiger partial charge in [0.15, 0.2) is 0 Å². The van der Waals surface area contributed by atoms with Gasteiger partial charge in [0, 0.05) is 25.7 Å². The number of nitrogens with zero attached hydrogens (tertiary/aromatic N) is 2. The van der Waals surface area contributed by atoms with Crippen LogP contribution >= 0.6 is 0 Å². The summed E-state index contributed by atoms with van der Waals surface area (Å²) in [6.45, 7) is 10.4. The van der Waals surface area contributed by atoms with E-state index in [1.165, 1.54) is 0 Å². The van der Waals surface area contributed by atoms with Gasteiger partial charge in [-0.2, -0.15) is 0 Å². The summed E-state index contributed by atoms with van der Waals surface area (Å²) >= 11 is 0. The summed E-state index contributed by atoms with van der Waals surface area (Å²) in [7, 11) is 3.32. The highest BCUT2D eigenvalue weighted by molar-refractivity contribution is 5.80. The number of hydrogen-bond donors (Lipinski definition) is 0. The van der Waals surface area contributed by atoms with Crippen LogP contribution in [0.1, 0.15) is 38.3 Å². The summed E-state index contributed by atoms with van der Waals surface area (Å²) in [6, 6.07) is 5.64. The van der Waals surface area contributed by atoms with E-state index < -0.39 is 5.60 Å². The molecular weight excluding hydrogens is 344 g/mol. The minimum atomic E-state index is -0.536. The van der Waals surface area contributed by atoms with Crippen LogP contribution in [-0.2, 0) is 16.0 Å². The van der Waals surface area contributed by atoms with Gasteiger partial charge in [0.25, 0.3) is 0 Å². The second-order valence-corrected chi connectivity index (χ2v) is 7.83. The lowest BCUT2D eigenvalue weighted by Crippen LogP contribution is -2.42. The maximum atomic E-state index is 12.8. The molecule has 0 bridgehead atoms. The van der Waals surface area contributed by atoms with Crippen LogP contribution in [0, 0.1) is 0 Å². The van der Waals surface area contributed by atoms with E-state index in [9.17, 15) is 9.59 Å². The second kappa shape index (κ2) is 8.46. The van der Waals surface area contributed by atoms with Gasteiger partial charge in [-0.05, 0) is 44.9 Å². The summed E-state index contributed by atoms with van der Waals surface area (Å²) < 4.78 is 10.8. The first-order valence-corrected chi connectivity index (χ1v) is 9.17. The number of hydrogen-bond acceptors (Lipinski definition) is 4. The Balaban J connectivity index is 2.00. The third-order valence-corrected chi connectivity index (χ3v) is 4.63. The highest BCUT2D eigenvalue weighted by Gasteiger charge is 2.33. The van der Waals surface area contributed by atoms with Crippen LogP contribution in [0.3, 0.4) is 0 Å². The number of benzene rings is 1. The van der Waals surface area contributed by atoms with Crippen LogP contribution < -0.4 is 4.74 Å². The zero-order chi connectivity index (χ0) is 20.2. The van der Waals surface area contributed by atoms with Gasteiger partial charge in [0.1, 0.15) is 11.4 Å². The van der Waals surface area contributed by atoms with Crippen molar-refractivity contribution in [3.63, 3.8) is 0 Å². The van der Waals surface area contributed by atoms with Crippen LogP contribution in [-0.4, -0.2) is 60.7 Å². The zero-order valence-electron chi connectivity index (χ0n) is 16.9. The van der Waals surface area contributed by atoms with Gasteiger partial charge in [-0.25, -0.2) is 4.79 Å². The first-order valence-electron chi connectivity index (χ1n) is 9.17. The molecule has 0 unspecified atom stereocenters. The molecule has 0 N–H and O–H groups in total. The molecule has 1 aliphatic rings. The Bertz CT molecular complexity index is 709. The zero-order valence-corrected chi connectivity index (χ0v) is 16.9. The van der Waals surface area contributed by atoms with Crippen LogP contribution in [0.15, 0.2) is 24.8 Å². The second-order valence-electron chi connectivity index (χ2n) is 7.83. The molecule has 1 aliphatic heterocycles. The molecule has 0 aromatic heterocycles. The summed E-state index contributed by atoms with van der Waals surface area (Å²) in [6.07, 6.45) is 2.39. The van der Waals surface area contributed by atoms with Gasteiger partial charge >= 0.3 is 6.09 Å². The third-order valence-electron chi connectivity index (χ3n) is 4.63. The summed E-state index contributed by atoms with van der Waals surface area (Å²) in [5, 5.41) is 0. The number of ether oxygens (including phenoxy) is 2. The predicted octanol–water partition coefficient (Wildman–Crippen LogP) is 3.35. The van der Waals surface area contributed by atoms with Crippen LogP contribution in [0.25, 0.3) is 6.08 Å². The third kappa shape index (κ3) is 5.49. The molecule has 1 aromatic rings. The normalized spacial score (nSPS) is 16.8. The molecule has 6 nitrogen and oxygen atoms in total. The fourth-order valence-corrected chi connectivity index (χ4v) is 3.11. The van der Waals surface area contributed by atoms with Gasteiger partial charge in [-0.1, -0.05) is 18.7 Å². The van der Waals surface area contributed by atoms with Gasteiger partial charge in [-0.3, -0.25) is 4.79 Å². The van der Waals surface area contributed by atoms with Crippen LogP contribution in [0.2, 0.25) is 0 Å². The van der Waals surface area contributed by atoms with Crippen LogP contribution in [0.5, 0.6) is 5.75 Å². The van der Waals surface area contributed by atoms with E-state index in [4.69, 9.17) is 9.47 Å². The SMILES string of the molecule is C=Cc1ccc(OC)c(CC(=O)N2CC[C@H](N(C)C(=O)OC(C)(C)C)C2)c1. The lowest BCUT2D eigenvalue weighted by Gasteiger charge is -2.28. The number of likely N-dealkylation sites (N-methyl/N-ethyl adjacent to an activating group) is 1. The quantitative estimate of drug-likeness (QED) is 0.793. The molecule has 148 valence electrons. The fourth-order valence-electron chi connectivity index (χ4n) is 3.11. The van der Waals surface area contributed by atoms with Crippen molar-refractivity contribution in [2.24, 2.45) is 0 Å². The summed E-state index contributed by atoms with van der Waals surface area (Å²) in [4.78, 5) is 28.4. The average molecular weight is 374 g/mol. The van der Waals surface area contributed by atoms with E-state index >= 15 is 0 Å². The number of rotatable bonds is 5. The highest BCUT2D eigenvalue weighted by atomic mass is 16.6. The number of amides is 2. The molecule has 1 aromatic carbocycles. The number of carbonyl (C=O) groups excluding carboxylic acids is 2. The van der Waals surface area contributed by atoms with Gasteiger partial charge in [-0.15, -0.1) is 0 Å². The maximum Gasteiger partial charge on any atom is 0.410 e. The topological polar surface area (TPSA) is 59.1 Å². The first-order chi connectivity index (χ1) is 12.6. The van der Waals surface area contributed by atoms with Crippen LogP contribution in [0.4, 0.5) is 4.79 Å². The monoisotopic (exact) mass is 374 g/mol. The Morgan fingerprint density at radius 2 is 2.07 bits per heavy atom. The molecule has 1 saturated heterocycles. The molecule has 2 rings (SSSR count). The van der Waals surface area contributed by atoms with E-state index in [0.717, 1.165) is 17.5 Å². The number of likely N-dealkylation sites (tertiary alicyclic amines) is 1. The Labute approximate surface area is 161 Å². The largest absolute Gasteiger partial charge is 0.496 e. The van der Waals surface area contributed by atoms with E-state index in [2.05, 4.69) is 6.58 Å². The molecule has 0 radical (unpaired) electrons. The minimum absolute atomic E-state index is 0.0228. The molecule has 1 fully saturated rings. The lowest BCUT2D eigenvalue weighted by molar-refractivity contribution is -0.129. The first kappa shape index (κ1) is 20.8. The van der Waals surface area contributed by atoms with Gasteiger partial charge < -0.3 is 19.3 Å². The molecule has 27 heavy (non-hydrogen) atoms. The molecule has 6 heteroatoms.